The molecule has 2 atom stereocenters. The Labute approximate surface area is 282 Å². The number of hydrogen-bond acceptors (Lipinski definition) is 0. The van der Waals surface area contributed by atoms with Gasteiger partial charge >= 0.3 is 259 Å². The zero-order valence-electron chi connectivity index (χ0n) is 25.5. The predicted octanol–water partition coefficient (Wildman–Crippen LogP) is 5.96. The standard InChI is InChI=1S/2C20H15.C2H4.2ClH.Ti/c2*1-14-12-16-8-5-11-19(20(16)13-14)18-10-4-7-15-6-2-3-9-17(15)18;1-2;;;/h2*2-13H,1H3;1-2H2;2*1H;/q;;;;;+2/p-2. The third-order valence-electron chi connectivity index (χ3n) is 10.7. The predicted molar refractivity (Wildman–Crippen MR) is 181 cm³/mol. The maximum Gasteiger partial charge on any atom is -1.00 e. The number of fused-ring (bicyclic) bond motifs is 4. The van der Waals surface area contributed by atoms with Gasteiger partial charge in [-0.1, -0.05) is 0 Å². The minimum Gasteiger partial charge on any atom is -1.00 e. The van der Waals surface area contributed by atoms with E-state index < -0.39 is 16.6 Å². The van der Waals surface area contributed by atoms with Crippen LogP contribution in [-0.2, 0) is 16.6 Å². The van der Waals surface area contributed by atoms with Crippen molar-refractivity contribution in [2.24, 2.45) is 0 Å². The molecule has 0 spiro atoms. The molecular formula is C42H34Cl2Ti. The molecule has 1 fully saturated rings. The largest absolute Gasteiger partial charge is 1.00 e. The van der Waals surface area contributed by atoms with Crippen LogP contribution in [0.4, 0.5) is 0 Å². The van der Waals surface area contributed by atoms with Crippen LogP contribution >= 0.6 is 0 Å². The molecule has 0 N–H and O–H groups in total. The maximum absolute atomic E-state index is 2.56. The van der Waals surface area contributed by atoms with Crippen LogP contribution in [0.25, 0.3) is 56.0 Å². The Balaban J connectivity index is 0.00000163. The Bertz CT molecular complexity index is 2020. The van der Waals surface area contributed by atoms with Crippen molar-refractivity contribution in [3.63, 3.8) is 0 Å². The van der Waals surface area contributed by atoms with Gasteiger partial charge in [0, 0.05) is 0 Å². The summed E-state index contributed by atoms with van der Waals surface area (Å²) in [6.45, 7) is 4.87. The Morgan fingerprint density at radius 3 is 1.27 bits per heavy atom. The third-order valence-corrected chi connectivity index (χ3v) is 19.3. The summed E-state index contributed by atoms with van der Waals surface area (Å²) in [7, 11) is 0. The Kier molecular flexibility index (Phi) is 7.70. The van der Waals surface area contributed by atoms with E-state index in [9.17, 15) is 0 Å². The van der Waals surface area contributed by atoms with Crippen molar-refractivity contribution in [2.45, 2.75) is 31.7 Å². The molecule has 45 heavy (non-hydrogen) atoms. The molecule has 1 heterocycles. The van der Waals surface area contributed by atoms with E-state index >= 15 is 0 Å². The van der Waals surface area contributed by atoms with Crippen molar-refractivity contribution < 1.29 is 41.4 Å². The third kappa shape index (κ3) is 4.53. The van der Waals surface area contributed by atoms with Gasteiger partial charge in [-0.15, -0.1) is 0 Å². The monoisotopic (exact) mass is 656 g/mol. The van der Waals surface area contributed by atoms with Crippen LogP contribution in [0.2, 0.25) is 9.45 Å². The molecule has 0 saturated carbocycles. The van der Waals surface area contributed by atoms with Gasteiger partial charge in [-0.3, -0.25) is 0 Å². The number of hydrogen-bond donors (Lipinski definition) is 0. The van der Waals surface area contributed by atoms with Gasteiger partial charge in [-0.2, -0.15) is 0 Å². The van der Waals surface area contributed by atoms with E-state index in [1.54, 1.807) is 22.3 Å². The van der Waals surface area contributed by atoms with E-state index in [0.29, 0.717) is 8.45 Å². The summed E-state index contributed by atoms with van der Waals surface area (Å²) in [5.41, 5.74) is 14.9. The molecule has 2 unspecified atom stereocenters. The normalized spacial score (nSPS) is 18.1. The number of benzene rings is 6. The summed E-state index contributed by atoms with van der Waals surface area (Å²) in [4.78, 5) is 0. The van der Waals surface area contributed by atoms with E-state index in [1.807, 2.05) is 0 Å². The molecule has 3 heteroatoms. The van der Waals surface area contributed by atoms with Gasteiger partial charge in [0.15, 0.2) is 0 Å². The van der Waals surface area contributed by atoms with Crippen molar-refractivity contribution in [2.75, 3.05) is 0 Å². The van der Waals surface area contributed by atoms with E-state index in [0.717, 1.165) is 0 Å². The maximum atomic E-state index is 2.56. The summed E-state index contributed by atoms with van der Waals surface area (Å²) in [6.07, 6.45) is 5.12. The Hall–Kier alpha value is -3.39. The van der Waals surface area contributed by atoms with Crippen molar-refractivity contribution in [1.29, 1.82) is 0 Å². The van der Waals surface area contributed by atoms with Crippen LogP contribution in [-0.4, -0.2) is 0 Å². The average Bonchev–Trinajstić information content (AvgIpc) is 3.62. The van der Waals surface area contributed by atoms with E-state index in [2.05, 4.69) is 147 Å². The molecular weight excluding hydrogens is 623 g/mol. The molecule has 2 aliphatic carbocycles. The average molecular weight is 658 g/mol. The first-order chi connectivity index (χ1) is 21.1. The summed E-state index contributed by atoms with van der Waals surface area (Å²) in [5.74, 6) is 0. The SMILES string of the molecule is CC1=Cc2c(-c3cccc4ccccc34)cccc2[CH]1[Ti+2]1([CH]2C(C)=Cc3c(-c4cccc5ccccc45)cccc32)[CH2][CH2]1.[Cl-].[Cl-]. The topological polar surface area (TPSA) is 0 Å². The fraction of sp³-hybridized carbons (Fsp3) is 0.143. The molecule has 0 bridgehead atoms. The van der Waals surface area contributed by atoms with Gasteiger partial charge < -0.3 is 24.8 Å². The van der Waals surface area contributed by atoms with Gasteiger partial charge in [-0.05, 0) is 0 Å². The fourth-order valence-electron chi connectivity index (χ4n) is 8.91. The summed E-state index contributed by atoms with van der Waals surface area (Å²) in [6, 6.07) is 45.5. The van der Waals surface area contributed by atoms with Crippen molar-refractivity contribution in [3.8, 4) is 22.3 Å². The van der Waals surface area contributed by atoms with Crippen molar-refractivity contribution >= 4 is 33.7 Å². The van der Waals surface area contributed by atoms with Gasteiger partial charge in [0.1, 0.15) is 0 Å². The second-order valence-corrected chi connectivity index (χ2v) is 20.3. The molecule has 1 aliphatic heterocycles. The van der Waals surface area contributed by atoms with Crippen LogP contribution < -0.4 is 24.8 Å². The number of halogens is 2. The minimum atomic E-state index is -2.39. The summed E-state index contributed by atoms with van der Waals surface area (Å²) >= 11 is -2.39. The van der Waals surface area contributed by atoms with Gasteiger partial charge in [-0.25, -0.2) is 0 Å². The number of allylic oxidation sites excluding steroid dienone is 2. The fourth-order valence-corrected chi connectivity index (χ4v) is 19.4. The molecule has 0 aromatic heterocycles. The first-order valence-corrected chi connectivity index (χ1v) is 19.7. The first-order valence-electron chi connectivity index (χ1n) is 15.7. The van der Waals surface area contributed by atoms with Gasteiger partial charge in [0.2, 0.25) is 0 Å². The second kappa shape index (κ2) is 11.4. The zero-order valence-corrected chi connectivity index (χ0v) is 28.6. The molecule has 0 radical (unpaired) electrons. The smallest absolute Gasteiger partial charge is 1.00 e. The molecule has 0 amide bonds. The number of rotatable bonds is 4. The van der Waals surface area contributed by atoms with Crippen LogP contribution in [0.15, 0.2) is 132 Å². The van der Waals surface area contributed by atoms with E-state index in [-0.39, 0.29) is 24.8 Å². The van der Waals surface area contributed by atoms with Gasteiger partial charge in [0.25, 0.3) is 0 Å². The summed E-state index contributed by atoms with van der Waals surface area (Å²) in [5, 5.41) is 5.32. The van der Waals surface area contributed by atoms with Gasteiger partial charge in [0.05, 0.1) is 0 Å². The summed E-state index contributed by atoms with van der Waals surface area (Å²) < 4.78 is 4.18. The van der Waals surface area contributed by atoms with Crippen LogP contribution in [0.1, 0.15) is 44.5 Å². The molecule has 220 valence electrons. The molecule has 1 saturated heterocycles. The molecule has 6 aromatic carbocycles. The van der Waals surface area contributed by atoms with Crippen LogP contribution in [0.5, 0.6) is 0 Å². The quantitative estimate of drug-likeness (QED) is 0.206. The van der Waals surface area contributed by atoms with E-state index in [1.165, 1.54) is 64.4 Å². The first kappa shape index (κ1) is 30.3. The minimum absolute atomic E-state index is 0. The Morgan fingerprint density at radius 1 is 0.444 bits per heavy atom. The molecule has 0 nitrogen and oxygen atoms in total. The molecule has 6 aromatic rings. The Morgan fingerprint density at radius 2 is 0.822 bits per heavy atom. The zero-order chi connectivity index (χ0) is 28.7. The van der Waals surface area contributed by atoms with E-state index in [4.69, 9.17) is 0 Å². The molecule has 3 aliphatic rings. The van der Waals surface area contributed by atoms with Crippen molar-refractivity contribution in [3.05, 3.63) is 155 Å². The van der Waals surface area contributed by atoms with Crippen LogP contribution in [0, 0.1) is 0 Å². The second-order valence-electron chi connectivity index (χ2n) is 13.0. The molecule has 9 rings (SSSR count). The van der Waals surface area contributed by atoms with Crippen LogP contribution in [0.3, 0.4) is 0 Å². The van der Waals surface area contributed by atoms with Crippen molar-refractivity contribution in [1.82, 2.24) is 0 Å².